The molecular weight excluding hydrogens is 170 g/mol. The van der Waals surface area contributed by atoms with Gasteiger partial charge in [-0.1, -0.05) is 17.1 Å². The van der Waals surface area contributed by atoms with Crippen LogP contribution < -0.4 is 10.2 Å². The van der Waals surface area contributed by atoms with E-state index in [-0.39, 0.29) is 6.10 Å². The zero-order valence-electron chi connectivity index (χ0n) is 7.17. The van der Waals surface area contributed by atoms with E-state index in [0.717, 1.165) is 0 Å². The Morgan fingerprint density at radius 1 is 1.42 bits per heavy atom. The van der Waals surface area contributed by atoms with Crippen LogP contribution in [-0.4, -0.2) is 14.0 Å². The van der Waals surface area contributed by atoms with Crippen LogP contribution in [0.4, 0.5) is 0 Å². The van der Waals surface area contributed by atoms with Gasteiger partial charge in [-0.15, -0.1) is 0 Å². The van der Waals surface area contributed by atoms with E-state index in [2.05, 4.69) is 0 Å². The first kappa shape index (κ1) is 9.46. The molecule has 0 unspecified atom stereocenters. The summed E-state index contributed by atoms with van der Waals surface area (Å²) < 4.78 is 5.42. The summed E-state index contributed by atoms with van der Waals surface area (Å²) >= 11 is 5.72. The number of hydrogen-bond donors (Lipinski definition) is 0. The molecule has 2 radical (unpaired) electrons. The average molecular weight is 180 g/mol. The zero-order valence-corrected chi connectivity index (χ0v) is 7.93. The Morgan fingerprint density at radius 2 is 2.08 bits per heavy atom. The van der Waals surface area contributed by atoms with Crippen molar-refractivity contribution >= 4 is 24.9 Å². The highest BCUT2D eigenvalue weighted by Gasteiger charge is 2.00. The molecule has 12 heavy (non-hydrogen) atoms. The summed E-state index contributed by atoms with van der Waals surface area (Å²) in [6.07, 6.45) is 0.133. The molecule has 0 saturated carbocycles. The van der Waals surface area contributed by atoms with E-state index >= 15 is 0 Å². The van der Waals surface area contributed by atoms with Gasteiger partial charge in [-0.3, -0.25) is 0 Å². The molecule has 0 aromatic heterocycles. The van der Waals surface area contributed by atoms with Crippen molar-refractivity contribution in [3.63, 3.8) is 0 Å². The summed E-state index contributed by atoms with van der Waals surface area (Å²) in [5, 5.41) is 0.628. The van der Waals surface area contributed by atoms with E-state index in [0.29, 0.717) is 16.2 Å². The number of rotatable bonds is 2. The molecule has 0 aliphatic heterocycles. The first-order valence-electron chi connectivity index (χ1n) is 3.81. The molecule has 0 bridgehead atoms. The van der Waals surface area contributed by atoms with E-state index in [4.69, 9.17) is 24.2 Å². The first-order chi connectivity index (χ1) is 5.59. The van der Waals surface area contributed by atoms with Crippen molar-refractivity contribution in [2.75, 3.05) is 0 Å². The van der Waals surface area contributed by atoms with Crippen LogP contribution in [0, 0.1) is 0 Å². The Hall–Kier alpha value is -0.625. The standard InChI is InChI=1S/C9H10BClO/c1-6(2)12-9-4-3-7(11)5-8(9)10/h3-6H,1-2H3. The molecule has 0 aliphatic carbocycles. The lowest BCUT2D eigenvalue weighted by molar-refractivity contribution is 0.244. The lowest BCUT2D eigenvalue weighted by Gasteiger charge is -2.12. The highest BCUT2D eigenvalue weighted by atomic mass is 35.5. The fraction of sp³-hybridized carbons (Fsp3) is 0.333. The Balaban J connectivity index is 2.86. The number of halogens is 1. The second kappa shape index (κ2) is 3.86. The summed E-state index contributed by atoms with van der Waals surface area (Å²) in [4.78, 5) is 0. The quantitative estimate of drug-likeness (QED) is 0.632. The molecule has 0 aliphatic rings. The van der Waals surface area contributed by atoms with Crippen LogP contribution in [0.2, 0.25) is 5.02 Å². The smallest absolute Gasteiger partial charge is 0.119 e. The predicted molar refractivity (Wildman–Crippen MR) is 52.6 cm³/mol. The van der Waals surface area contributed by atoms with Crippen molar-refractivity contribution < 1.29 is 4.74 Å². The van der Waals surface area contributed by atoms with Gasteiger partial charge < -0.3 is 4.74 Å². The van der Waals surface area contributed by atoms with Gasteiger partial charge in [0.1, 0.15) is 13.6 Å². The Labute approximate surface area is 79.1 Å². The number of ether oxygens (including phenoxy) is 1. The van der Waals surface area contributed by atoms with Gasteiger partial charge in [0.15, 0.2) is 0 Å². The van der Waals surface area contributed by atoms with E-state index in [9.17, 15) is 0 Å². The molecule has 0 atom stereocenters. The third-order valence-electron chi connectivity index (χ3n) is 1.33. The predicted octanol–water partition coefficient (Wildman–Crippen LogP) is 1.92. The first-order valence-corrected chi connectivity index (χ1v) is 4.19. The molecule has 1 rings (SSSR count). The van der Waals surface area contributed by atoms with E-state index in [1.165, 1.54) is 0 Å². The summed E-state index contributed by atoms with van der Waals surface area (Å²) in [7, 11) is 5.66. The highest BCUT2D eigenvalue weighted by molar-refractivity contribution is 6.37. The minimum absolute atomic E-state index is 0.133. The van der Waals surface area contributed by atoms with Crippen LogP contribution in [0.3, 0.4) is 0 Å². The van der Waals surface area contributed by atoms with Crippen molar-refractivity contribution in [2.45, 2.75) is 20.0 Å². The van der Waals surface area contributed by atoms with Crippen molar-refractivity contribution in [1.29, 1.82) is 0 Å². The molecular formula is C9H10BClO. The molecule has 1 aromatic carbocycles. The summed E-state index contributed by atoms with van der Waals surface area (Å²) in [5.74, 6) is 0.689. The van der Waals surface area contributed by atoms with Crippen LogP contribution in [0.25, 0.3) is 0 Å². The van der Waals surface area contributed by atoms with Gasteiger partial charge in [0.2, 0.25) is 0 Å². The SMILES string of the molecule is [B]c1cc(Cl)ccc1OC(C)C. The second-order valence-corrected chi connectivity index (χ2v) is 3.29. The average Bonchev–Trinajstić information content (AvgIpc) is 1.94. The lowest BCUT2D eigenvalue weighted by Crippen LogP contribution is -2.14. The Morgan fingerprint density at radius 3 is 2.58 bits per heavy atom. The summed E-state index contributed by atoms with van der Waals surface area (Å²) in [5.41, 5.74) is 0.580. The van der Waals surface area contributed by atoms with Crippen molar-refractivity contribution in [2.24, 2.45) is 0 Å². The van der Waals surface area contributed by atoms with Crippen LogP contribution in [0.1, 0.15) is 13.8 Å². The molecule has 1 aromatic rings. The van der Waals surface area contributed by atoms with Crippen LogP contribution in [0.5, 0.6) is 5.75 Å². The zero-order chi connectivity index (χ0) is 9.14. The van der Waals surface area contributed by atoms with Crippen molar-refractivity contribution in [3.05, 3.63) is 23.2 Å². The van der Waals surface area contributed by atoms with Crippen LogP contribution in [-0.2, 0) is 0 Å². The van der Waals surface area contributed by atoms with Crippen molar-refractivity contribution in [3.8, 4) is 5.75 Å². The third kappa shape index (κ3) is 2.45. The van der Waals surface area contributed by atoms with Gasteiger partial charge in [-0.25, -0.2) is 0 Å². The molecule has 0 spiro atoms. The lowest BCUT2D eigenvalue weighted by atomic mass is 9.95. The molecule has 0 heterocycles. The minimum atomic E-state index is 0.133. The van der Waals surface area contributed by atoms with Gasteiger partial charge in [-0.2, -0.15) is 0 Å². The molecule has 0 amide bonds. The molecule has 0 N–H and O–H groups in total. The topological polar surface area (TPSA) is 9.23 Å². The summed E-state index contributed by atoms with van der Waals surface area (Å²) in [6.45, 7) is 3.90. The second-order valence-electron chi connectivity index (χ2n) is 2.85. The fourth-order valence-electron chi connectivity index (χ4n) is 0.881. The number of benzene rings is 1. The van der Waals surface area contributed by atoms with Gasteiger partial charge in [0.05, 0.1) is 6.10 Å². The highest BCUT2D eigenvalue weighted by Crippen LogP contribution is 2.13. The van der Waals surface area contributed by atoms with E-state index in [1.54, 1.807) is 18.2 Å². The van der Waals surface area contributed by atoms with Gasteiger partial charge in [-0.05, 0) is 32.0 Å². The molecule has 0 fully saturated rings. The molecule has 62 valence electrons. The van der Waals surface area contributed by atoms with Gasteiger partial charge in [0.25, 0.3) is 0 Å². The molecule has 3 heteroatoms. The van der Waals surface area contributed by atoms with Crippen LogP contribution >= 0.6 is 11.6 Å². The largest absolute Gasteiger partial charge is 0.492 e. The Bertz CT molecular complexity index is 273. The van der Waals surface area contributed by atoms with Crippen molar-refractivity contribution in [1.82, 2.24) is 0 Å². The third-order valence-corrected chi connectivity index (χ3v) is 1.57. The maximum absolute atomic E-state index is 5.72. The van der Waals surface area contributed by atoms with Gasteiger partial charge >= 0.3 is 0 Å². The minimum Gasteiger partial charge on any atom is -0.492 e. The maximum Gasteiger partial charge on any atom is 0.119 e. The van der Waals surface area contributed by atoms with Crippen LogP contribution in [0.15, 0.2) is 18.2 Å². The van der Waals surface area contributed by atoms with E-state index in [1.807, 2.05) is 13.8 Å². The normalized spacial score (nSPS) is 10.3. The monoisotopic (exact) mass is 180 g/mol. The van der Waals surface area contributed by atoms with E-state index < -0.39 is 0 Å². The molecule has 0 saturated heterocycles. The molecule has 1 nitrogen and oxygen atoms in total. The maximum atomic E-state index is 5.72. The fourth-order valence-corrected chi connectivity index (χ4v) is 1.06. The van der Waals surface area contributed by atoms with Gasteiger partial charge in [0, 0.05) is 5.02 Å². The number of hydrogen-bond acceptors (Lipinski definition) is 1. The Kier molecular flexibility index (Phi) is 3.04. The summed E-state index contributed by atoms with van der Waals surface area (Å²) in [6, 6.07) is 5.21.